The number of hydrogen-bond donors (Lipinski definition) is 2. The van der Waals surface area contributed by atoms with E-state index in [2.05, 4.69) is 5.32 Å². The smallest absolute Gasteiger partial charge is 0.471 e. The Hall–Kier alpha value is -2.65. The van der Waals surface area contributed by atoms with E-state index in [0.717, 1.165) is 0 Å². The van der Waals surface area contributed by atoms with Gasteiger partial charge in [-0.1, -0.05) is 0 Å². The third-order valence-corrected chi connectivity index (χ3v) is 3.11. The molecule has 0 fully saturated rings. The van der Waals surface area contributed by atoms with E-state index >= 15 is 0 Å². The van der Waals surface area contributed by atoms with Gasteiger partial charge in [-0.3, -0.25) is 9.59 Å². The summed E-state index contributed by atoms with van der Waals surface area (Å²) in [6.07, 6.45) is -4.78. The third kappa shape index (κ3) is 5.73. The topological polar surface area (TPSA) is 85.9 Å². The van der Waals surface area contributed by atoms with Crippen molar-refractivity contribution in [1.29, 1.82) is 0 Å². The minimum Gasteiger partial charge on any atom is -0.493 e. The fraction of sp³-hybridized carbons (Fsp3) is 0.467. The summed E-state index contributed by atoms with van der Waals surface area (Å²) < 4.78 is 51.4. The molecule has 0 heterocycles. The number of benzene rings is 1. The van der Waals surface area contributed by atoms with Gasteiger partial charge in [0.05, 0.1) is 21.3 Å². The molecule has 0 spiro atoms. The fourth-order valence-electron chi connectivity index (χ4n) is 1.91. The first kappa shape index (κ1) is 20.4. The second-order valence-electron chi connectivity index (χ2n) is 4.78. The van der Waals surface area contributed by atoms with Crippen LogP contribution >= 0.6 is 0 Å². The Balaban J connectivity index is 2.59. The van der Waals surface area contributed by atoms with Crippen molar-refractivity contribution in [2.75, 3.05) is 34.4 Å². The van der Waals surface area contributed by atoms with Crippen LogP contribution in [0.3, 0.4) is 0 Å². The van der Waals surface area contributed by atoms with Gasteiger partial charge in [0, 0.05) is 18.7 Å². The molecule has 0 saturated heterocycles. The number of carbonyl (C=O) groups excluding carboxylic acids is 2. The van der Waals surface area contributed by atoms with Gasteiger partial charge >= 0.3 is 12.1 Å². The minimum atomic E-state index is -4.92. The van der Waals surface area contributed by atoms with Crippen molar-refractivity contribution in [3.63, 3.8) is 0 Å². The van der Waals surface area contributed by atoms with Gasteiger partial charge in [-0.2, -0.15) is 13.2 Å². The second-order valence-corrected chi connectivity index (χ2v) is 4.78. The number of methoxy groups -OCH3 is 3. The second kappa shape index (κ2) is 9.00. The minimum absolute atomic E-state index is 0.0770. The zero-order chi connectivity index (χ0) is 19.0. The summed E-state index contributed by atoms with van der Waals surface area (Å²) in [6.45, 7) is -0.137. The Labute approximate surface area is 142 Å². The third-order valence-electron chi connectivity index (χ3n) is 3.11. The molecule has 7 nitrogen and oxygen atoms in total. The molecule has 0 aliphatic heterocycles. The van der Waals surface area contributed by atoms with Gasteiger partial charge in [-0.25, -0.2) is 0 Å². The quantitative estimate of drug-likeness (QED) is 0.683. The number of rotatable bonds is 8. The molecule has 0 unspecified atom stereocenters. The van der Waals surface area contributed by atoms with E-state index in [4.69, 9.17) is 14.2 Å². The summed E-state index contributed by atoms with van der Waals surface area (Å²) in [4.78, 5) is 22.7. The standard InChI is InChI=1S/C15H19F3N2O5/c1-23-10-7-9(8-11(24-2)12(10)25-3)13(21)19-5-4-6-20-14(22)15(16,17)18/h7-8H,4-6H2,1-3H3,(H,19,21)(H,20,22). The molecule has 25 heavy (non-hydrogen) atoms. The van der Waals surface area contributed by atoms with Gasteiger partial charge in [0.1, 0.15) is 0 Å². The zero-order valence-corrected chi connectivity index (χ0v) is 14.0. The Morgan fingerprint density at radius 1 is 0.960 bits per heavy atom. The summed E-state index contributed by atoms with van der Waals surface area (Å²) >= 11 is 0. The normalized spacial score (nSPS) is 10.8. The maximum absolute atomic E-state index is 12.1. The number of alkyl halides is 3. The summed E-state index contributed by atoms with van der Waals surface area (Å²) in [5, 5.41) is 4.24. The van der Waals surface area contributed by atoms with Gasteiger partial charge < -0.3 is 24.8 Å². The molecule has 0 radical (unpaired) electrons. The van der Waals surface area contributed by atoms with Gasteiger partial charge in [0.2, 0.25) is 5.75 Å². The van der Waals surface area contributed by atoms with E-state index in [1.165, 1.54) is 33.5 Å². The Morgan fingerprint density at radius 2 is 1.48 bits per heavy atom. The highest BCUT2D eigenvalue weighted by atomic mass is 19.4. The maximum atomic E-state index is 12.1. The first-order chi connectivity index (χ1) is 11.7. The lowest BCUT2D eigenvalue weighted by atomic mass is 10.1. The lowest BCUT2D eigenvalue weighted by Gasteiger charge is -2.14. The van der Waals surface area contributed by atoms with Crippen molar-refractivity contribution < 1.29 is 37.0 Å². The summed E-state index contributed by atoms with van der Waals surface area (Å²) in [5.41, 5.74) is 0.230. The SMILES string of the molecule is COc1cc(C(=O)NCCCNC(=O)C(F)(F)F)cc(OC)c1OC. The number of nitrogens with one attached hydrogen (secondary N) is 2. The highest BCUT2D eigenvalue weighted by Gasteiger charge is 2.38. The fourth-order valence-corrected chi connectivity index (χ4v) is 1.91. The highest BCUT2D eigenvalue weighted by Crippen LogP contribution is 2.38. The average molecular weight is 364 g/mol. The van der Waals surface area contributed by atoms with Crippen LogP contribution in [-0.2, 0) is 4.79 Å². The predicted molar refractivity (Wildman–Crippen MR) is 82.1 cm³/mol. The molecule has 140 valence electrons. The van der Waals surface area contributed by atoms with Crippen molar-refractivity contribution in [3.8, 4) is 17.2 Å². The molecular formula is C15H19F3N2O5. The van der Waals surface area contributed by atoms with E-state index in [-0.39, 0.29) is 25.1 Å². The Bertz CT molecular complexity index is 595. The van der Waals surface area contributed by atoms with Crippen molar-refractivity contribution in [2.45, 2.75) is 12.6 Å². The molecule has 0 atom stereocenters. The average Bonchev–Trinajstić information content (AvgIpc) is 2.58. The summed E-state index contributed by atoms with van der Waals surface area (Å²) in [7, 11) is 4.24. The van der Waals surface area contributed by atoms with E-state index < -0.39 is 18.0 Å². The van der Waals surface area contributed by atoms with E-state index in [1.54, 1.807) is 5.32 Å². The zero-order valence-electron chi connectivity index (χ0n) is 14.0. The number of carbonyl (C=O) groups is 2. The van der Waals surface area contributed by atoms with Crippen LogP contribution in [0.2, 0.25) is 0 Å². The molecule has 1 aromatic rings. The van der Waals surface area contributed by atoms with Crippen molar-refractivity contribution in [2.24, 2.45) is 0 Å². The number of halogens is 3. The van der Waals surface area contributed by atoms with Crippen LogP contribution in [0.5, 0.6) is 17.2 Å². The molecule has 0 bridgehead atoms. The molecule has 0 aliphatic rings. The molecule has 0 aliphatic carbocycles. The first-order valence-corrected chi connectivity index (χ1v) is 7.17. The van der Waals surface area contributed by atoms with E-state index in [9.17, 15) is 22.8 Å². The molecule has 2 N–H and O–H groups in total. The molecule has 0 aromatic heterocycles. The van der Waals surface area contributed by atoms with E-state index in [0.29, 0.717) is 17.2 Å². The van der Waals surface area contributed by atoms with Gasteiger partial charge in [0.15, 0.2) is 11.5 Å². The van der Waals surface area contributed by atoms with Crippen LogP contribution in [0.15, 0.2) is 12.1 Å². The molecule has 1 aromatic carbocycles. The van der Waals surface area contributed by atoms with Gasteiger partial charge in [0.25, 0.3) is 5.91 Å². The summed E-state index contributed by atoms with van der Waals surface area (Å²) in [6, 6.07) is 2.89. The van der Waals surface area contributed by atoms with Crippen LogP contribution in [-0.4, -0.2) is 52.4 Å². The van der Waals surface area contributed by atoms with Crippen LogP contribution < -0.4 is 24.8 Å². The van der Waals surface area contributed by atoms with Gasteiger partial charge in [-0.05, 0) is 18.6 Å². The number of amides is 2. The van der Waals surface area contributed by atoms with Crippen molar-refractivity contribution >= 4 is 11.8 Å². The van der Waals surface area contributed by atoms with Gasteiger partial charge in [-0.15, -0.1) is 0 Å². The number of ether oxygens (including phenoxy) is 3. The first-order valence-electron chi connectivity index (χ1n) is 7.17. The lowest BCUT2D eigenvalue weighted by molar-refractivity contribution is -0.173. The predicted octanol–water partition coefficient (Wildman–Crippen LogP) is 1.51. The maximum Gasteiger partial charge on any atom is 0.471 e. The Morgan fingerprint density at radius 3 is 1.92 bits per heavy atom. The largest absolute Gasteiger partial charge is 0.493 e. The summed E-state index contributed by atoms with van der Waals surface area (Å²) in [5.74, 6) is -1.56. The van der Waals surface area contributed by atoms with Crippen LogP contribution in [0.4, 0.5) is 13.2 Å². The molecule has 1 rings (SSSR count). The van der Waals surface area contributed by atoms with Crippen molar-refractivity contribution in [3.05, 3.63) is 17.7 Å². The Kier molecular flexibility index (Phi) is 7.34. The molecular weight excluding hydrogens is 345 g/mol. The van der Waals surface area contributed by atoms with Crippen LogP contribution in [0.25, 0.3) is 0 Å². The van der Waals surface area contributed by atoms with Crippen LogP contribution in [0.1, 0.15) is 16.8 Å². The lowest BCUT2D eigenvalue weighted by Crippen LogP contribution is -2.38. The van der Waals surface area contributed by atoms with Crippen LogP contribution in [0, 0.1) is 0 Å². The monoisotopic (exact) mass is 364 g/mol. The van der Waals surface area contributed by atoms with E-state index in [1.807, 2.05) is 0 Å². The highest BCUT2D eigenvalue weighted by molar-refractivity contribution is 5.95. The van der Waals surface area contributed by atoms with Crippen molar-refractivity contribution in [1.82, 2.24) is 10.6 Å². The number of hydrogen-bond acceptors (Lipinski definition) is 5. The molecule has 10 heteroatoms. The molecule has 2 amide bonds. The molecule has 0 saturated carbocycles.